The van der Waals surface area contributed by atoms with E-state index in [1.54, 1.807) is 0 Å². The van der Waals surface area contributed by atoms with Gasteiger partial charge >= 0.3 is 0 Å². The Bertz CT molecular complexity index is 172. The molecular formula is C5H8N4. The summed E-state index contributed by atoms with van der Waals surface area (Å²) in [5.41, 5.74) is 5.46. The third-order valence-corrected chi connectivity index (χ3v) is 0.921. The van der Waals surface area contributed by atoms with E-state index in [1.165, 1.54) is 12.7 Å². The van der Waals surface area contributed by atoms with Crippen molar-refractivity contribution >= 4 is 0 Å². The average molecular weight is 124 g/mol. The Labute approximate surface area is 53.2 Å². The molecule has 48 valence electrons. The van der Waals surface area contributed by atoms with E-state index in [9.17, 15) is 0 Å². The van der Waals surface area contributed by atoms with Crippen LogP contribution >= 0.6 is 0 Å². The Morgan fingerprint density at radius 3 is 2.33 bits per heavy atom. The Hall–Kier alpha value is -1.03. The Kier molecular flexibility index (Phi) is 1.69. The fraction of sp³-hybridized carbons (Fsp3) is 0.400. The van der Waals surface area contributed by atoms with Gasteiger partial charge in [-0.25, -0.2) is 15.0 Å². The van der Waals surface area contributed by atoms with Crippen LogP contribution in [0.25, 0.3) is 0 Å². The van der Waals surface area contributed by atoms with Crippen LogP contribution in [0.4, 0.5) is 0 Å². The van der Waals surface area contributed by atoms with Gasteiger partial charge < -0.3 is 5.73 Å². The van der Waals surface area contributed by atoms with Crippen molar-refractivity contribution in [2.24, 2.45) is 5.73 Å². The quantitative estimate of drug-likeness (QED) is 0.567. The summed E-state index contributed by atoms with van der Waals surface area (Å²) in [6.07, 6.45) is 2.87. The van der Waals surface area contributed by atoms with Gasteiger partial charge in [-0.15, -0.1) is 0 Å². The summed E-state index contributed by atoms with van der Waals surface area (Å²) in [6.45, 7) is 1.83. The summed E-state index contributed by atoms with van der Waals surface area (Å²) in [4.78, 5) is 11.3. The van der Waals surface area contributed by atoms with Gasteiger partial charge in [0.2, 0.25) is 0 Å². The van der Waals surface area contributed by atoms with E-state index in [0.717, 1.165) is 0 Å². The normalized spacial score (nSPS) is 13.1. The number of aromatic nitrogens is 3. The van der Waals surface area contributed by atoms with E-state index in [-0.39, 0.29) is 6.04 Å². The minimum Gasteiger partial charge on any atom is -0.322 e. The van der Waals surface area contributed by atoms with E-state index >= 15 is 0 Å². The lowest BCUT2D eigenvalue weighted by Gasteiger charge is -1.98. The van der Waals surface area contributed by atoms with Crippen LogP contribution in [-0.4, -0.2) is 15.0 Å². The van der Waals surface area contributed by atoms with Crippen molar-refractivity contribution in [2.75, 3.05) is 0 Å². The molecule has 0 amide bonds. The molecule has 4 heteroatoms. The molecule has 1 rings (SSSR count). The van der Waals surface area contributed by atoms with Gasteiger partial charge in [-0.05, 0) is 6.92 Å². The molecule has 0 aromatic carbocycles. The highest BCUT2D eigenvalue weighted by molar-refractivity contribution is 4.86. The highest BCUT2D eigenvalue weighted by Gasteiger charge is 1.98. The van der Waals surface area contributed by atoms with Gasteiger partial charge in [-0.1, -0.05) is 0 Å². The third-order valence-electron chi connectivity index (χ3n) is 0.921. The van der Waals surface area contributed by atoms with Gasteiger partial charge in [-0.3, -0.25) is 0 Å². The van der Waals surface area contributed by atoms with Crippen LogP contribution in [0.15, 0.2) is 12.7 Å². The molecule has 4 nitrogen and oxygen atoms in total. The summed E-state index contributed by atoms with van der Waals surface area (Å²) in [6, 6.07) is -0.104. The number of hydrogen-bond donors (Lipinski definition) is 1. The van der Waals surface area contributed by atoms with Crippen molar-refractivity contribution < 1.29 is 0 Å². The Morgan fingerprint density at radius 1 is 1.44 bits per heavy atom. The Morgan fingerprint density at radius 2 is 2.00 bits per heavy atom. The topological polar surface area (TPSA) is 64.7 Å². The lowest BCUT2D eigenvalue weighted by atomic mass is 10.3. The van der Waals surface area contributed by atoms with E-state index < -0.39 is 0 Å². The molecule has 0 saturated heterocycles. The van der Waals surface area contributed by atoms with Crippen molar-refractivity contribution in [3.8, 4) is 0 Å². The van der Waals surface area contributed by atoms with Crippen LogP contribution in [0.3, 0.4) is 0 Å². The molecule has 1 aromatic rings. The third kappa shape index (κ3) is 1.43. The molecule has 0 fully saturated rings. The monoisotopic (exact) mass is 124 g/mol. The molecule has 0 aliphatic heterocycles. The summed E-state index contributed by atoms with van der Waals surface area (Å²) in [7, 11) is 0. The van der Waals surface area contributed by atoms with Crippen LogP contribution in [0.5, 0.6) is 0 Å². The first kappa shape index (κ1) is 6.10. The van der Waals surface area contributed by atoms with E-state index in [2.05, 4.69) is 15.0 Å². The molecule has 0 bridgehead atoms. The van der Waals surface area contributed by atoms with Gasteiger partial charge in [0.05, 0.1) is 6.04 Å². The number of nitrogens with two attached hydrogens (primary N) is 1. The van der Waals surface area contributed by atoms with Crippen LogP contribution in [-0.2, 0) is 0 Å². The summed E-state index contributed by atoms with van der Waals surface area (Å²) >= 11 is 0. The van der Waals surface area contributed by atoms with Crippen LogP contribution in [0.1, 0.15) is 18.8 Å². The van der Waals surface area contributed by atoms with E-state index in [0.29, 0.717) is 5.82 Å². The highest BCUT2D eigenvalue weighted by Crippen LogP contribution is 1.96. The largest absolute Gasteiger partial charge is 0.322 e. The van der Waals surface area contributed by atoms with Gasteiger partial charge in [0, 0.05) is 0 Å². The molecule has 0 radical (unpaired) electrons. The van der Waals surface area contributed by atoms with Gasteiger partial charge in [0.1, 0.15) is 18.5 Å². The molecule has 0 saturated carbocycles. The van der Waals surface area contributed by atoms with Crippen molar-refractivity contribution in [3.05, 3.63) is 18.5 Å². The van der Waals surface area contributed by atoms with Gasteiger partial charge in [0.15, 0.2) is 0 Å². The second-order valence-corrected chi connectivity index (χ2v) is 1.79. The molecule has 0 aliphatic carbocycles. The molecule has 1 atom stereocenters. The first-order valence-electron chi connectivity index (χ1n) is 2.68. The van der Waals surface area contributed by atoms with Crippen molar-refractivity contribution in [3.63, 3.8) is 0 Å². The average Bonchev–Trinajstić information content (AvgIpc) is 1.90. The van der Waals surface area contributed by atoms with Crippen LogP contribution < -0.4 is 5.73 Å². The predicted molar refractivity (Wildman–Crippen MR) is 32.4 cm³/mol. The number of nitrogens with zero attached hydrogens (tertiary/aromatic N) is 3. The lowest BCUT2D eigenvalue weighted by Crippen LogP contribution is -2.09. The van der Waals surface area contributed by atoms with Gasteiger partial charge in [-0.2, -0.15) is 0 Å². The molecule has 9 heavy (non-hydrogen) atoms. The second-order valence-electron chi connectivity index (χ2n) is 1.79. The van der Waals surface area contributed by atoms with Crippen molar-refractivity contribution in [1.82, 2.24) is 15.0 Å². The fourth-order valence-corrected chi connectivity index (χ4v) is 0.483. The molecule has 2 N–H and O–H groups in total. The first-order valence-corrected chi connectivity index (χ1v) is 2.68. The van der Waals surface area contributed by atoms with Crippen LogP contribution in [0.2, 0.25) is 0 Å². The SMILES string of the molecule is CC(N)c1ncncn1. The Balaban J connectivity index is 2.85. The van der Waals surface area contributed by atoms with Gasteiger partial charge in [0.25, 0.3) is 0 Å². The minimum atomic E-state index is -0.104. The molecule has 1 unspecified atom stereocenters. The van der Waals surface area contributed by atoms with E-state index in [1.807, 2.05) is 6.92 Å². The molecule has 0 spiro atoms. The summed E-state index contributed by atoms with van der Waals surface area (Å²) in [5, 5.41) is 0. The fourth-order valence-electron chi connectivity index (χ4n) is 0.483. The number of hydrogen-bond acceptors (Lipinski definition) is 4. The molecular weight excluding hydrogens is 116 g/mol. The second kappa shape index (κ2) is 2.50. The first-order chi connectivity index (χ1) is 4.30. The van der Waals surface area contributed by atoms with Crippen molar-refractivity contribution in [2.45, 2.75) is 13.0 Å². The maximum Gasteiger partial charge on any atom is 0.148 e. The molecule has 0 aliphatic rings. The number of rotatable bonds is 1. The summed E-state index contributed by atoms with van der Waals surface area (Å²) in [5.74, 6) is 0.630. The predicted octanol–water partition coefficient (Wildman–Crippen LogP) is -0.109. The minimum absolute atomic E-state index is 0.104. The maximum absolute atomic E-state index is 5.46. The zero-order chi connectivity index (χ0) is 6.69. The van der Waals surface area contributed by atoms with E-state index in [4.69, 9.17) is 5.73 Å². The smallest absolute Gasteiger partial charge is 0.148 e. The highest BCUT2D eigenvalue weighted by atomic mass is 15.0. The molecule has 1 aromatic heterocycles. The zero-order valence-corrected chi connectivity index (χ0v) is 5.15. The standard InChI is InChI=1S/C5H8N4/c1-4(6)5-8-2-7-3-9-5/h2-4H,6H2,1H3. The van der Waals surface area contributed by atoms with Crippen molar-refractivity contribution in [1.29, 1.82) is 0 Å². The van der Waals surface area contributed by atoms with Crippen LogP contribution in [0, 0.1) is 0 Å². The maximum atomic E-state index is 5.46. The lowest BCUT2D eigenvalue weighted by molar-refractivity contribution is 0.727. The summed E-state index contributed by atoms with van der Waals surface area (Å²) < 4.78 is 0. The molecule has 1 heterocycles. The zero-order valence-electron chi connectivity index (χ0n) is 5.15.